The molecule has 3 aromatic rings. The van der Waals surface area contributed by atoms with Gasteiger partial charge in [0.1, 0.15) is 7.85 Å². The molecule has 0 aliphatic heterocycles. The Balaban J connectivity index is 2.27. The van der Waals surface area contributed by atoms with Crippen LogP contribution in [0.5, 0.6) is 0 Å². The molecule has 2 nitrogen and oxygen atoms in total. The van der Waals surface area contributed by atoms with Gasteiger partial charge >= 0.3 is 0 Å². The largest absolute Gasteiger partial charge is 0.252 e. The van der Waals surface area contributed by atoms with Crippen LogP contribution in [0.25, 0.3) is 22.3 Å². The lowest BCUT2D eigenvalue weighted by Crippen LogP contribution is -2.01. The van der Waals surface area contributed by atoms with Crippen LogP contribution in [-0.2, 0) is 0 Å². The van der Waals surface area contributed by atoms with E-state index in [1.165, 1.54) is 22.3 Å². The van der Waals surface area contributed by atoms with Gasteiger partial charge < -0.3 is 0 Å². The molecule has 0 unspecified atom stereocenters. The number of fused-ring (bicyclic) bond motifs is 1. The third kappa shape index (κ3) is 2.23. The SMILES string of the molecule is [B]c1ccc(-c2cnc3c(C)c(C)c(C)c(C)c3n2)cc1. The zero-order chi connectivity index (χ0) is 15.1. The number of rotatable bonds is 1. The standard InChI is InChI=1S/C18H17BN2/c1-10-11(2)13(4)18-17(12(10)3)20-9-16(21-18)14-5-7-15(19)8-6-14/h5-9H,1-4H3. The quantitative estimate of drug-likeness (QED) is 0.635. The second kappa shape index (κ2) is 4.99. The van der Waals surface area contributed by atoms with Crippen LogP contribution in [0.15, 0.2) is 30.5 Å². The molecule has 0 saturated heterocycles. The molecule has 0 N–H and O–H groups in total. The highest BCUT2D eigenvalue weighted by molar-refractivity contribution is 6.32. The molecular formula is C18H17BN2. The van der Waals surface area contributed by atoms with E-state index >= 15 is 0 Å². The van der Waals surface area contributed by atoms with Crippen molar-refractivity contribution in [2.45, 2.75) is 27.7 Å². The second-order valence-electron chi connectivity index (χ2n) is 5.57. The van der Waals surface area contributed by atoms with Gasteiger partial charge in [0.2, 0.25) is 0 Å². The Kier molecular flexibility index (Phi) is 3.28. The maximum atomic E-state index is 5.74. The molecule has 2 radical (unpaired) electrons. The molecule has 1 heterocycles. The summed E-state index contributed by atoms with van der Waals surface area (Å²) in [6, 6.07) is 7.74. The number of aromatic nitrogens is 2. The van der Waals surface area contributed by atoms with Crippen LogP contribution in [0, 0.1) is 27.7 Å². The highest BCUT2D eigenvalue weighted by atomic mass is 14.8. The molecule has 0 fully saturated rings. The van der Waals surface area contributed by atoms with Crippen molar-refractivity contribution in [1.82, 2.24) is 9.97 Å². The van der Waals surface area contributed by atoms with Gasteiger partial charge in [-0.05, 0) is 49.9 Å². The van der Waals surface area contributed by atoms with Crippen LogP contribution in [0.3, 0.4) is 0 Å². The summed E-state index contributed by atoms with van der Waals surface area (Å²) >= 11 is 0. The Labute approximate surface area is 126 Å². The van der Waals surface area contributed by atoms with E-state index < -0.39 is 0 Å². The Hall–Kier alpha value is -2.16. The van der Waals surface area contributed by atoms with Crippen LogP contribution in [0.1, 0.15) is 22.3 Å². The Morgan fingerprint density at radius 2 is 1.33 bits per heavy atom. The van der Waals surface area contributed by atoms with Gasteiger partial charge in [0.25, 0.3) is 0 Å². The lowest BCUT2D eigenvalue weighted by molar-refractivity contribution is 1.19. The molecule has 3 heteroatoms. The highest BCUT2D eigenvalue weighted by Gasteiger charge is 2.12. The molecule has 0 saturated carbocycles. The van der Waals surface area contributed by atoms with Crippen LogP contribution in [0.4, 0.5) is 0 Å². The molecule has 0 aliphatic carbocycles. The molecule has 0 bridgehead atoms. The summed E-state index contributed by atoms with van der Waals surface area (Å²) in [6.07, 6.45) is 1.84. The zero-order valence-corrected chi connectivity index (χ0v) is 12.9. The molecule has 2 aromatic carbocycles. The lowest BCUT2D eigenvalue weighted by Gasteiger charge is -2.13. The zero-order valence-electron chi connectivity index (χ0n) is 12.9. The smallest absolute Gasteiger partial charge is 0.113 e. The number of nitrogens with zero attached hydrogens (tertiary/aromatic N) is 2. The number of benzene rings is 2. The Morgan fingerprint density at radius 3 is 1.95 bits per heavy atom. The van der Waals surface area contributed by atoms with Gasteiger partial charge in [-0.25, -0.2) is 4.98 Å². The van der Waals surface area contributed by atoms with Crippen molar-refractivity contribution in [2.75, 3.05) is 0 Å². The van der Waals surface area contributed by atoms with Crippen molar-refractivity contribution < 1.29 is 0 Å². The van der Waals surface area contributed by atoms with E-state index in [4.69, 9.17) is 12.8 Å². The highest BCUT2D eigenvalue weighted by Crippen LogP contribution is 2.28. The maximum absolute atomic E-state index is 5.74. The first kappa shape index (κ1) is 13.8. The first-order valence-electron chi connectivity index (χ1n) is 7.08. The Morgan fingerprint density at radius 1 is 0.762 bits per heavy atom. The molecule has 0 amide bonds. The van der Waals surface area contributed by atoms with E-state index in [0.29, 0.717) is 0 Å². The minimum atomic E-state index is 0.756. The van der Waals surface area contributed by atoms with Crippen molar-refractivity contribution in [3.63, 3.8) is 0 Å². The van der Waals surface area contributed by atoms with Gasteiger partial charge in [-0.15, -0.1) is 0 Å². The summed E-state index contributed by atoms with van der Waals surface area (Å²) in [5.41, 5.74) is 9.67. The van der Waals surface area contributed by atoms with Gasteiger partial charge in [-0.3, -0.25) is 4.98 Å². The van der Waals surface area contributed by atoms with Crippen molar-refractivity contribution in [1.29, 1.82) is 0 Å². The number of hydrogen-bond donors (Lipinski definition) is 0. The molecule has 102 valence electrons. The predicted molar refractivity (Wildman–Crippen MR) is 89.3 cm³/mol. The minimum absolute atomic E-state index is 0.756. The van der Waals surface area contributed by atoms with Crippen molar-refractivity contribution in [3.8, 4) is 11.3 Å². The topological polar surface area (TPSA) is 25.8 Å². The summed E-state index contributed by atoms with van der Waals surface area (Å²) in [7, 11) is 5.74. The Bertz CT molecular complexity index is 836. The number of aryl methyl sites for hydroxylation is 2. The van der Waals surface area contributed by atoms with E-state index in [1.807, 2.05) is 30.5 Å². The fraction of sp³-hybridized carbons (Fsp3) is 0.222. The molecule has 21 heavy (non-hydrogen) atoms. The fourth-order valence-corrected chi connectivity index (χ4v) is 2.64. The molecule has 1 aromatic heterocycles. The normalized spacial score (nSPS) is 11.0. The first-order chi connectivity index (χ1) is 9.99. The summed E-state index contributed by atoms with van der Waals surface area (Å²) < 4.78 is 0. The van der Waals surface area contributed by atoms with Crippen LogP contribution in [-0.4, -0.2) is 17.8 Å². The van der Waals surface area contributed by atoms with Gasteiger partial charge in [-0.2, -0.15) is 0 Å². The second-order valence-corrected chi connectivity index (χ2v) is 5.57. The monoisotopic (exact) mass is 272 g/mol. The van der Waals surface area contributed by atoms with Gasteiger partial charge in [0.05, 0.1) is 22.9 Å². The maximum Gasteiger partial charge on any atom is 0.113 e. The van der Waals surface area contributed by atoms with Gasteiger partial charge in [-0.1, -0.05) is 29.7 Å². The predicted octanol–water partition coefficient (Wildman–Crippen LogP) is 3.32. The molecular weight excluding hydrogens is 255 g/mol. The van der Waals surface area contributed by atoms with Crippen molar-refractivity contribution in [3.05, 3.63) is 52.7 Å². The first-order valence-corrected chi connectivity index (χ1v) is 7.08. The van der Waals surface area contributed by atoms with Crippen molar-refractivity contribution in [2.24, 2.45) is 0 Å². The van der Waals surface area contributed by atoms with E-state index in [2.05, 4.69) is 32.7 Å². The molecule has 0 atom stereocenters. The molecule has 3 rings (SSSR count). The van der Waals surface area contributed by atoms with Crippen molar-refractivity contribution >= 4 is 24.3 Å². The lowest BCUT2D eigenvalue weighted by atomic mass is 9.94. The summed E-state index contributed by atoms with van der Waals surface area (Å²) in [5.74, 6) is 0. The summed E-state index contributed by atoms with van der Waals surface area (Å²) in [5, 5.41) is 0. The third-order valence-electron chi connectivity index (χ3n) is 4.38. The van der Waals surface area contributed by atoms with Gasteiger partial charge in [0, 0.05) is 5.56 Å². The van der Waals surface area contributed by atoms with E-state index in [1.54, 1.807) is 0 Å². The third-order valence-corrected chi connectivity index (χ3v) is 4.38. The average molecular weight is 272 g/mol. The summed E-state index contributed by atoms with van der Waals surface area (Å²) in [6.45, 7) is 8.52. The van der Waals surface area contributed by atoms with Crippen LogP contribution >= 0.6 is 0 Å². The average Bonchev–Trinajstić information content (AvgIpc) is 2.51. The fourth-order valence-electron chi connectivity index (χ4n) is 2.64. The molecule has 0 aliphatic rings. The van der Waals surface area contributed by atoms with E-state index in [-0.39, 0.29) is 0 Å². The number of hydrogen-bond acceptors (Lipinski definition) is 2. The van der Waals surface area contributed by atoms with Gasteiger partial charge in [0.15, 0.2) is 0 Å². The minimum Gasteiger partial charge on any atom is -0.252 e. The van der Waals surface area contributed by atoms with Crippen LogP contribution < -0.4 is 5.46 Å². The van der Waals surface area contributed by atoms with E-state index in [0.717, 1.165) is 27.8 Å². The van der Waals surface area contributed by atoms with Crippen LogP contribution in [0.2, 0.25) is 0 Å². The van der Waals surface area contributed by atoms with E-state index in [9.17, 15) is 0 Å². The molecule has 0 spiro atoms. The summed E-state index contributed by atoms with van der Waals surface area (Å²) in [4.78, 5) is 9.48.